The summed E-state index contributed by atoms with van der Waals surface area (Å²) in [7, 11) is 1.55. The van der Waals surface area contributed by atoms with Crippen molar-refractivity contribution >= 4 is 33.6 Å². The zero-order valence-corrected chi connectivity index (χ0v) is 15.5. The van der Waals surface area contributed by atoms with Crippen LogP contribution in [0.25, 0.3) is 6.08 Å². The van der Waals surface area contributed by atoms with Crippen LogP contribution in [-0.2, 0) is 4.79 Å². The largest absolute Gasteiger partial charge is 0.497 e. The molecule has 1 N–H and O–H groups in total. The van der Waals surface area contributed by atoms with Crippen molar-refractivity contribution in [2.45, 2.75) is 6.92 Å². The van der Waals surface area contributed by atoms with E-state index in [2.05, 4.69) is 21.2 Å². The number of carbonyl (C=O) groups excluding carboxylic acids is 1. The number of rotatable bonds is 6. The molecule has 0 saturated carbocycles. The van der Waals surface area contributed by atoms with Crippen LogP contribution < -0.4 is 14.8 Å². The molecule has 25 heavy (non-hydrogen) atoms. The van der Waals surface area contributed by atoms with Gasteiger partial charge in [-0.2, -0.15) is 5.26 Å². The highest BCUT2D eigenvalue weighted by atomic mass is 79.9. The molecule has 0 aromatic heterocycles. The second kappa shape index (κ2) is 8.90. The first kappa shape index (κ1) is 18.6. The van der Waals surface area contributed by atoms with Gasteiger partial charge in [0.2, 0.25) is 0 Å². The summed E-state index contributed by atoms with van der Waals surface area (Å²) in [4.78, 5) is 12.3. The minimum absolute atomic E-state index is 0.00552. The van der Waals surface area contributed by atoms with E-state index in [1.54, 1.807) is 49.6 Å². The van der Waals surface area contributed by atoms with Gasteiger partial charge in [-0.05, 0) is 61.0 Å². The second-order valence-electron chi connectivity index (χ2n) is 5.01. The Kier molecular flexibility index (Phi) is 6.61. The van der Waals surface area contributed by atoms with Crippen molar-refractivity contribution in [1.82, 2.24) is 0 Å². The summed E-state index contributed by atoms with van der Waals surface area (Å²) < 4.78 is 11.3. The van der Waals surface area contributed by atoms with Gasteiger partial charge in [0.15, 0.2) is 0 Å². The lowest BCUT2D eigenvalue weighted by molar-refractivity contribution is -0.112. The van der Waals surface area contributed by atoms with Gasteiger partial charge in [0, 0.05) is 10.2 Å². The fourth-order valence-electron chi connectivity index (χ4n) is 2.10. The fourth-order valence-corrected chi connectivity index (χ4v) is 2.59. The van der Waals surface area contributed by atoms with Gasteiger partial charge in [0.25, 0.3) is 5.91 Å². The molecule has 6 heteroatoms. The number of hydrogen-bond acceptors (Lipinski definition) is 4. The Morgan fingerprint density at radius 3 is 2.56 bits per heavy atom. The predicted octanol–water partition coefficient (Wildman–Crippen LogP) is 4.40. The maximum absolute atomic E-state index is 12.3. The van der Waals surface area contributed by atoms with Crippen LogP contribution in [0.1, 0.15) is 12.5 Å². The summed E-state index contributed by atoms with van der Waals surface area (Å²) in [5, 5.41) is 12.0. The molecule has 0 heterocycles. The number of amides is 1. The lowest BCUT2D eigenvalue weighted by Gasteiger charge is -2.07. The van der Waals surface area contributed by atoms with Gasteiger partial charge in [-0.25, -0.2) is 0 Å². The molecule has 128 valence electrons. The van der Waals surface area contributed by atoms with Crippen LogP contribution in [0.2, 0.25) is 0 Å². The minimum atomic E-state index is -0.481. The Morgan fingerprint density at radius 2 is 1.96 bits per heavy atom. The van der Waals surface area contributed by atoms with Gasteiger partial charge in [-0.15, -0.1) is 0 Å². The average molecular weight is 401 g/mol. The Bertz CT molecular complexity index is 824. The number of anilines is 1. The van der Waals surface area contributed by atoms with Crippen molar-refractivity contribution in [3.05, 3.63) is 58.1 Å². The number of ether oxygens (including phenoxy) is 2. The van der Waals surface area contributed by atoms with Crippen molar-refractivity contribution in [2.75, 3.05) is 19.0 Å². The number of carbonyl (C=O) groups is 1. The van der Waals surface area contributed by atoms with Gasteiger partial charge >= 0.3 is 0 Å². The zero-order chi connectivity index (χ0) is 18.2. The van der Waals surface area contributed by atoms with Crippen LogP contribution in [0.15, 0.2) is 52.5 Å². The third kappa shape index (κ3) is 5.37. The van der Waals surface area contributed by atoms with E-state index in [0.29, 0.717) is 23.6 Å². The van der Waals surface area contributed by atoms with E-state index in [4.69, 9.17) is 9.47 Å². The van der Waals surface area contributed by atoms with E-state index in [-0.39, 0.29) is 5.57 Å². The molecule has 0 bridgehead atoms. The quantitative estimate of drug-likeness (QED) is 0.575. The monoisotopic (exact) mass is 400 g/mol. The number of hydrogen-bond donors (Lipinski definition) is 1. The van der Waals surface area contributed by atoms with Crippen molar-refractivity contribution < 1.29 is 14.3 Å². The highest BCUT2D eigenvalue weighted by molar-refractivity contribution is 9.10. The van der Waals surface area contributed by atoms with Crippen molar-refractivity contribution in [1.29, 1.82) is 5.26 Å². The molecule has 0 radical (unpaired) electrons. The number of nitrogens with zero attached hydrogens (tertiary/aromatic N) is 1. The summed E-state index contributed by atoms with van der Waals surface area (Å²) in [6.45, 7) is 2.47. The molecule has 2 aromatic carbocycles. The molecule has 2 aromatic rings. The molecule has 0 fully saturated rings. The number of halogens is 1. The highest BCUT2D eigenvalue weighted by Gasteiger charge is 2.10. The molecule has 0 unspecified atom stereocenters. The average Bonchev–Trinajstić information content (AvgIpc) is 2.61. The molecule has 0 saturated heterocycles. The standard InChI is InChI=1S/C19H17BrN2O3/c1-3-25-17-6-4-16(5-7-17)22-19(23)14(12-21)8-13-9-15(20)11-18(10-13)24-2/h4-11H,3H2,1-2H3,(H,22,23)/b14-8+. The Balaban J connectivity index is 2.18. The van der Waals surface area contributed by atoms with E-state index < -0.39 is 5.91 Å². The molecule has 0 atom stereocenters. The van der Waals surface area contributed by atoms with Crippen molar-refractivity contribution in [3.8, 4) is 17.6 Å². The third-order valence-corrected chi connectivity index (χ3v) is 3.69. The maximum atomic E-state index is 12.3. The number of methoxy groups -OCH3 is 1. The summed E-state index contributed by atoms with van der Waals surface area (Å²) in [6.07, 6.45) is 1.51. The minimum Gasteiger partial charge on any atom is -0.497 e. The molecule has 0 aliphatic carbocycles. The van der Waals surface area contributed by atoms with Crippen molar-refractivity contribution in [3.63, 3.8) is 0 Å². The topological polar surface area (TPSA) is 71.3 Å². The molecule has 0 aliphatic heterocycles. The Hall–Kier alpha value is -2.78. The summed E-state index contributed by atoms with van der Waals surface area (Å²) in [5.41, 5.74) is 1.26. The molecule has 1 amide bonds. The van der Waals surface area contributed by atoms with E-state index in [1.165, 1.54) is 6.08 Å². The van der Waals surface area contributed by atoms with Crippen LogP contribution in [0.5, 0.6) is 11.5 Å². The van der Waals surface area contributed by atoms with Gasteiger partial charge in [0.05, 0.1) is 13.7 Å². The van der Waals surface area contributed by atoms with Crippen molar-refractivity contribution in [2.24, 2.45) is 0 Å². The third-order valence-electron chi connectivity index (χ3n) is 3.23. The van der Waals surface area contributed by atoms with Crippen LogP contribution >= 0.6 is 15.9 Å². The van der Waals surface area contributed by atoms with E-state index >= 15 is 0 Å². The Labute approximate surface area is 155 Å². The summed E-state index contributed by atoms with van der Waals surface area (Å²) in [6, 6.07) is 14.2. The van der Waals surface area contributed by atoms with E-state index in [1.807, 2.05) is 13.0 Å². The molecule has 2 rings (SSSR count). The van der Waals surface area contributed by atoms with Crippen LogP contribution in [0.4, 0.5) is 5.69 Å². The lowest BCUT2D eigenvalue weighted by Crippen LogP contribution is -2.13. The normalized spacial score (nSPS) is 10.7. The molecular weight excluding hydrogens is 384 g/mol. The van der Waals surface area contributed by atoms with E-state index in [0.717, 1.165) is 10.2 Å². The first-order chi connectivity index (χ1) is 12.0. The van der Waals surface area contributed by atoms with Gasteiger partial charge in [-0.1, -0.05) is 15.9 Å². The van der Waals surface area contributed by atoms with Crippen LogP contribution in [0.3, 0.4) is 0 Å². The first-order valence-electron chi connectivity index (χ1n) is 7.56. The number of nitriles is 1. The number of benzene rings is 2. The number of nitrogens with one attached hydrogen (secondary N) is 1. The first-order valence-corrected chi connectivity index (χ1v) is 8.35. The fraction of sp³-hybridized carbons (Fsp3) is 0.158. The van der Waals surface area contributed by atoms with Crippen LogP contribution in [-0.4, -0.2) is 19.6 Å². The SMILES string of the molecule is CCOc1ccc(NC(=O)/C(C#N)=C/c2cc(Br)cc(OC)c2)cc1. The lowest BCUT2D eigenvalue weighted by atomic mass is 10.1. The Morgan fingerprint density at radius 1 is 1.24 bits per heavy atom. The highest BCUT2D eigenvalue weighted by Crippen LogP contribution is 2.23. The zero-order valence-electron chi connectivity index (χ0n) is 13.9. The second-order valence-corrected chi connectivity index (χ2v) is 5.92. The predicted molar refractivity (Wildman–Crippen MR) is 101 cm³/mol. The molecular formula is C19H17BrN2O3. The van der Waals surface area contributed by atoms with Gasteiger partial charge in [0.1, 0.15) is 23.1 Å². The molecule has 0 spiro atoms. The maximum Gasteiger partial charge on any atom is 0.266 e. The van der Waals surface area contributed by atoms with Gasteiger partial charge in [-0.3, -0.25) is 4.79 Å². The van der Waals surface area contributed by atoms with Gasteiger partial charge < -0.3 is 14.8 Å². The van der Waals surface area contributed by atoms with E-state index in [9.17, 15) is 10.1 Å². The van der Waals surface area contributed by atoms with Crippen LogP contribution in [0, 0.1) is 11.3 Å². The summed E-state index contributed by atoms with van der Waals surface area (Å²) in [5.74, 6) is 0.869. The molecule has 5 nitrogen and oxygen atoms in total. The molecule has 0 aliphatic rings. The smallest absolute Gasteiger partial charge is 0.266 e. The summed E-state index contributed by atoms with van der Waals surface area (Å²) >= 11 is 3.37.